The fraction of sp³-hybridized carbons (Fsp3) is 0.600. The number of rotatable bonds is 9. The van der Waals surface area contributed by atoms with E-state index in [1.165, 1.54) is 4.31 Å². The lowest BCUT2D eigenvalue weighted by atomic mass is 10.2. The molecule has 0 amide bonds. The Morgan fingerprint density at radius 1 is 1.29 bits per heavy atom. The number of nitrogens with one attached hydrogen (secondary N) is 1. The molecule has 0 aliphatic rings. The Morgan fingerprint density at radius 3 is 2.57 bits per heavy atom. The highest BCUT2D eigenvalue weighted by atomic mass is 32.2. The van der Waals surface area contributed by atoms with Gasteiger partial charge in [0.05, 0.1) is 17.6 Å². The van der Waals surface area contributed by atoms with Crippen LogP contribution in [0.15, 0.2) is 29.2 Å². The van der Waals surface area contributed by atoms with Crippen LogP contribution in [-0.4, -0.2) is 45.6 Å². The van der Waals surface area contributed by atoms with E-state index in [4.69, 9.17) is 4.74 Å². The molecule has 0 atom stereocenters. The average Bonchev–Trinajstić information content (AvgIpc) is 2.44. The van der Waals surface area contributed by atoms with Gasteiger partial charge < -0.3 is 10.1 Å². The molecular formula is C15H26N2O3S. The summed E-state index contributed by atoms with van der Waals surface area (Å²) in [4.78, 5) is 0.359. The second kappa shape index (κ2) is 8.48. The lowest BCUT2D eigenvalue weighted by Gasteiger charge is -2.20. The molecule has 21 heavy (non-hydrogen) atoms. The molecule has 0 saturated carbocycles. The number of nitrogens with zero attached hydrogens (tertiary/aromatic N) is 1. The van der Waals surface area contributed by atoms with Crippen LogP contribution >= 0.6 is 0 Å². The first-order chi connectivity index (χ1) is 9.89. The number of benzene rings is 1. The van der Waals surface area contributed by atoms with E-state index in [1.54, 1.807) is 19.2 Å². The summed E-state index contributed by atoms with van der Waals surface area (Å²) in [6.45, 7) is 7.93. The zero-order valence-corrected chi connectivity index (χ0v) is 14.1. The Bertz CT molecular complexity index is 529. The van der Waals surface area contributed by atoms with Crippen LogP contribution in [0.3, 0.4) is 0 Å². The Labute approximate surface area is 128 Å². The maximum Gasteiger partial charge on any atom is 0.243 e. The van der Waals surface area contributed by atoms with E-state index >= 15 is 0 Å². The normalized spacial score (nSPS) is 12.3. The monoisotopic (exact) mass is 314 g/mol. The van der Waals surface area contributed by atoms with Crippen molar-refractivity contribution in [2.75, 3.05) is 26.7 Å². The summed E-state index contributed by atoms with van der Waals surface area (Å²) >= 11 is 0. The first-order valence-electron chi connectivity index (χ1n) is 7.26. The molecule has 0 spiro atoms. The Morgan fingerprint density at radius 2 is 1.95 bits per heavy atom. The van der Waals surface area contributed by atoms with Gasteiger partial charge in [-0.3, -0.25) is 0 Å². The lowest BCUT2D eigenvalue weighted by molar-refractivity contribution is 0.0737. The molecule has 0 saturated heterocycles. The first-order valence-corrected chi connectivity index (χ1v) is 8.70. The molecule has 0 aliphatic carbocycles. The molecule has 1 aromatic carbocycles. The zero-order chi connectivity index (χ0) is 15.9. The zero-order valence-electron chi connectivity index (χ0n) is 13.3. The van der Waals surface area contributed by atoms with Crippen LogP contribution in [0, 0.1) is 0 Å². The smallest absolute Gasteiger partial charge is 0.243 e. The summed E-state index contributed by atoms with van der Waals surface area (Å²) in [5.74, 6) is 0. The Balaban J connectivity index is 2.86. The van der Waals surface area contributed by atoms with Gasteiger partial charge in [-0.1, -0.05) is 25.1 Å². The lowest BCUT2D eigenvalue weighted by Crippen LogP contribution is -2.32. The third kappa shape index (κ3) is 5.39. The number of ether oxygens (including phenoxy) is 1. The third-order valence-electron chi connectivity index (χ3n) is 3.08. The van der Waals surface area contributed by atoms with E-state index in [9.17, 15) is 8.42 Å². The van der Waals surface area contributed by atoms with Gasteiger partial charge in [0.25, 0.3) is 0 Å². The largest absolute Gasteiger partial charge is 0.377 e. The van der Waals surface area contributed by atoms with Gasteiger partial charge in [0.15, 0.2) is 0 Å². The summed E-state index contributed by atoms with van der Waals surface area (Å²) in [6.07, 6.45) is 0.0992. The maximum absolute atomic E-state index is 12.6. The summed E-state index contributed by atoms with van der Waals surface area (Å²) in [5, 5.41) is 3.17. The molecule has 6 heteroatoms. The number of hydrogen-bond donors (Lipinski definition) is 1. The molecule has 1 aromatic rings. The van der Waals surface area contributed by atoms with Crippen molar-refractivity contribution in [3.05, 3.63) is 29.8 Å². The molecule has 1 N–H and O–H groups in total. The molecule has 5 nitrogen and oxygen atoms in total. The first kappa shape index (κ1) is 18.1. The van der Waals surface area contributed by atoms with Gasteiger partial charge in [0.2, 0.25) is 10.0 Å². The molecule has 0 aromatic heterocycles. The molecule has 0 radical (unpaired) electrons. The van der Waals surface area contributed by atoms with Crippen LogP contribution in [0.4, 0.5) is 0 Å². The number of sulfonamides is 1. The summed E-state index contributed by atoms with van der Waals surface area (Å²) in [6, 6.07) is 7.10. The Kier molecular flexibility index (Phi) is 7.31. The van der Waals surface area contributed by atoms with E-state index in [2.05, 4.69) is 5.32 Å². The third-order valence-corrected chi connectivity index (χ3v) is 5.04. The highest BCUT2D eigenvalue weighted by Crippen LogP contribution is 2.19. The minimum Gasteiger partial charge on any atom is -0.377 e. The predicted molar refractivity (Wildman–Crippen MR) is 84.7 cm³/mol. The van der Waals surface area contributed by atoms with Crippen LogP contribution < -0.4 is 5.32 Å². The fourth-order valence-electron chi connectivity index (χ4n) is 1.87. The van der Waals surface area contributed by atoms with E-state index in [0.29, 0.717) is 24.6 Å². The summed E-state index contributed by atoms with van der Waals surface area (Å²) in [5.41, 5.74) is 0.788. The highest BCUT2D eigenvalue weighted by molar-refractivity contribution is 7.89. The van der Waals surface area contributed by atoms with Gasteiger partial charge in [-0.05, 0) is 32.0 Å². The molecule has 0 heterocycles. The van der Waals surface area contributed by atoms with Crippen molar-refractivity contribution in [2.45, 2.75) is 38.3 Å². The summed E-state index contributed by atoms with van der Waals surface area (Å²) in [7, 11) is -1.90. The average molecular weight is 314 g/mol. The Hall–Kier alpha value is -0.950. The van der Waals surface area contributed by atoms with Crippen molar-refractivity contribution >= 4 is 10.0 Å². The molecule has 0 bridgehead atoms. The standard InChI is InChI=1S/C15H26N2O3S/c1-5-16-12-14-8-6-7-9-15(14)21(18,19)17(4)10-11-20-13(2)3/h6-9,13,16H,5,10-12H2,1-4H3. The minimum absolute atomic E-state index is 0.0992. The van der Waals surface area contributed by atoms with E-state index < -0.39 is 10.0 Å². The quantitative estimate of drug-likeness (QED) is 0.755. The van der Waals surface area contributed by atoms with E-state index in [0.717, 1.165) is 12.1 Å². The van der Waals surface area contributed by atoms with Gasteiger partial charge >= 0.3 is 0 Å². The topological polar surface area (TPSA) is 58.6 Å². The molecule has 0 fully saturated rings. The van der Waals surface area contributed by atoms with Gasteiger partial charge in [-0.25, -0.2) is 8.42 Å². The van der Waals surface area contributed by atoms with Crippen LogP contribution in [0.1, 0.15) is 26.3 Å². The second-order valence-electron chi connectivity index (χ2n) is 5.13. The molecule has 1 rings (SSSR count). The van der Waals surface area contributed by atoms with Crippen molar-refractivity contribution in [2.24, 2.45) is 0 Å². The molecule has 0 aliphatic heterocycles. The van der Waals surface area contributed by atoms with Crippen LogP contribution in [0.2, 0.25) is 0 Å². The van der Waals surface area contributed by atoms with Gasteiger partial charge in [0.1, 0.15) is 0 Å². The molecular weight excluding hydrogens is 288 g/mol. The highest BCUT2D eigenvalue weighted by Gasteiger charge is 2.23. The van der Waals surface area contributed by atoms with Crippen molar-refractivity contribution in [1.82, 2.24) is 9.62 Å². The number of hydrogen-bond acceptors (Lipinski definition) is 4. The van der Waals surface area contributed by atoms with Crippen molar-refractivity contribution in [3.63, 3.8) is 0 Å². The fourth-order valence-corrected chi connectivity index (χ4v) is 3.24. The number of likely N-dealkylation sites (N-methyl/N-ethyl adjacent to an activating group) is 1. The minimum atomic E-state index is -3.48. The van der Waals surface area contributed by atoms with Gasteiger partial charge in [0, 0.05) is 20.1 Å². The van der Waals surface area contributed by atoms with Crippen molar-refractivity contribution in [1.29, 1.82) is 0 Å². The van der Waals surface area contributed by atoms with Crippen molar-refractivity contribution < 1.29 is 13.2 Å². The molecule has 0 unspecified atom stereocenters. The van der Waals surface area contributed by atoms with Crippen LogP contribution in [0.5, 0.6) is 0 Å². The molecule has 120 valence electrons. The van der Waals surface area contributed by atoms with E-state index in [-0.39, 0.29) is 6.10 Å². The van der Waals surface area contributed by atoms with Crippen LogP contribution in [0.25, 0.3) is 0 Å². The predicted octanol–water partition coefficient (Wildman–Crippen LogP) is 1.84. The second-order valence-corrected chi connectivity index (χ2v) is 7.15. The maximum atomic E-state index is 12.6. The SMILES string of the molecule is CCNCc1ccccc1S(=O)(=O)N(C)CCOC(C)C. The van der Waals surface area contributed by atoms with Gasteiger partial charge in [-0.2, -0.15) is 4.31 Å². The van der Waals surface area contributed by atoms with Crippen LogP contribution in [-0.2, 0) is 21.3 Å². The van der Waals surface area contributed by atoms with E-state index in [1.807, 2.05) is 32.9 Å². The van der Waals surface area contributed by atoms with Gasteiger partial charge in [-0.15, -0.1) is 0 Å². The van der Waals surface area contributed by atoms with Crippen molar-refractivity contribution in [3.8, 4) is 0 Å². The summed E-state index contributed by atoms with van der Waals surface area (Å²) < 4.78 is 32.0.